The summed E-state index contributed by atoms with van der Waals surface area (Å²) >= 11 is 0. The van der Waals surface area contributed by atoms with Gasteiger partial charge < -0.3 is 15.8 Å². The zero-order chi connectivity index (χ0) is 16.6. The maximum absolute atomic E-state index is 11.7. The summed E-state index contributed by atoms with van der Waals surface area (Å²) in [5.74, 6) is 0.413. The van der Waals surface area contributed by atoms with Gasteiger partial charge in [-0.3, -0.25) is 4.79 Å². The summed E-state index contributed by atoms with van der Waals surface area (Å²) in [6, 6.07) is 6.92. The average Bonchev–Trinajstić information content (AvgIpc) is 2.45. The lowest BCUT2D eigenvalue weighted by Crippen LogP contribution is -2.42. The first kappa shape index (κ1) is 18.4. The summed E-state index contributed by atoms with van der Waals surface area (Å²) in [4.78, 5) is 11.7. The number of sulfone groups is 1. The molecule has 1 aromatic carbocycles. The molecule has 124 valence electrons. The Hall–Kier alpha value is -1.60. The van der Waals surface area contributed by atoms with E-state index < -0.39 is 15.9 Å². The van der Waals surface area contributed by atoms with Gasteiger partial charge in [0.25, 0.3) is 0 Å². The van der Waals surface area contributed by atoms with Crippen LogP contribution in [0.1, 0.15) is 18.4 Å². The first-order valence-corrected chi connectivity index (χ1v) is 9.25. The standard InChI is InChI=1S/C15H24N2O4S/c1-12-6-3-4-7-14(12)21-10-5-9-17-15(18)13(16)8-11-22(2,19)20/h3-4,6-7,13H,5,8-11,16H2,1-2H3,(H,17,18). The fourth-order valence-corrected chi connectivity index (χ4v) is 2.47. The van der Waals surface area contributed by atoms with E-state index in [1.165, 1.54) is 0 Å². The molecule has 7 heteroatoms. The van der Waals surface area contributed by atoms with Crippen molar-refractivity contribution in [2.45, 2.75) is 25.8 Å². The van der Waals surface area contributed by atoms with E-state index in [-0.39, 0.29) is 18.1 Å². The van der Waals surface area contributed by atoms with E-state index in [0.717, 1.165) is 17.6 Å². The molecule has 1 unspecified atom stereocenters. The zero-order valence-electron chi connectivity index (χ0n) is 13.0. The highest BCUT2D eigenvalue weighted by atomic mass is 32.2. The molecule has 0 radical (unpaired) electrons. The summed E-state index contributed by atoms with van der Waals surface area (Å²) in [5.41, 5.74) is 6.71. The molecular weight excluding hydrogens is 304 g/mol. The molecule has 0 saturated heterocycles. The molecule has 0 saturated carbocycles. The van der Waals surface area contributed by atoms with Gasteiger partial charge in [0, 0.05) is 12.8 Å². The summed E-state index contributed by atoms with van der Waals surface area (Å²) in [5, 5.41) is 2.68. The molecule has 6 nitrogen and oxygen atoms in total. The Balaban J connectivity index is 2.18. The van der Waals surface area contributed by atoms with E-state index in [0.29, 0.717) is 19.6 Å². The smallest absolute Gasteiger partial charge is 0.236 e. The fourth-order valence-electron chi connectivity index (χ4n) is 1.79. The molecule has 0 fully saturated rings. The number of ether oxygens (including phenoxy) is 1. The molecule has 3 N–H and O–H groups in total. The third-order valence-electron chi connectivity index (χ3n) is 3.11. The number of nitrogens with one attached hydrogen (secondary N) is 1. The highest BCUT2D eigenvalue weighted by molar-refractivity contribution is 7.90. The molecule has 0 spiro atoms. The van der Waals surface area contributed by atoms with Crippen molar-refractivity contribution in [3.8, 4) is 5.75 Å². The minimum absolute atomic E-state index is 0.0853. The lowest BCUT2D eigenvalue weighted by atomic mass is 10.2. The maximum atomic E-state index is 11.7. The van der Waals surface area contributed by atoms with Crippen LogP contribution in [-0.2, 0) is 14.6 Å². The third kappa shape index (κ3) is 7.42. The second kappa shape index (κ2) is 8.75. The van der Waals surface area contributed by atoms with E-state index in [1.807, 2.05) is 31.2 Å². The van der Waals surface area contributed by atoms with Crippen LogP contribution in [0.3, 0.4) is 0 Å². The van der Waals surface area contributed by atoms with Crippen molar-refractivity contribution in [1.82, 2.24) is 5.32 Å². The Kier molecular flexibility index (Phi) is 7.34. The van der Waals surface area contributed by atoms with Crippen molar-refractivity contribution >= 4 is 15.7 Å². The molecule has 0 bridgehead atoms. The Morgan fingerprint density at radius 1 is 1.36 bits per heavy atom. The third-order valence-corrected chi connectivity index (χ3v) is 4.09. The number of carbonyl (C=O) groups is 1. The van der Waals surface area contributed by atoms with Gasteiger partial charge in [0.15, 0.2) is 0 Å². The number of rotatable bonds is 9. The van der Waals surface area contributed by atoms with Gasteiger partial charge in [-0.15, -0.1) is 0 Å². The van der Waals surface area contributed by atoms with Gasteiger partial charge in [-0.2, -0.15) is 0 Å². The van der Waals surface area contributed by atoms with Gasteiger partial charge in [-0.25, -0.2) is 8.42 Å². The van der Waals surface area contributed by atoms with E-state index in [9.17, 15) is 13.2 Å². The second-order valence-corrected chi connectivity index (χ2v) is 7.54. The van der Waals surface area contributed by atoms with Gasteiger partial charge in [-0.05, 0) is 31.4 Å². The van der Waals surface area contributed by atoms with Crippen LogP contribution < -0.4 is 15.8 Å². The maximum Gasteiger partial charge on any atom is 0.236 e. The summed E-state index contributed by atoms with van der Waals surface area (Å²) in [6.07, 6.45) is 1.91. The van der Waals surface area contributed by atoms with Crippen LogP contribution in [0.4, 0.5) is 0 Å². The number of benzene rings is 1. The minimum Gasteiger partial charge on any atom is -0.493 e. The molecule has 1 amide bonds. The van der Waals surface area contributed by atoms with E-state index in [1.54, 1.807) is 0 Å². The van der Waals surface area contributed by atoms with Crippen molar-refractivity contribution in [1.29, 1.82) is 0 Å². The first-order chi connectivity index (χ1) is 10.3. The van der Waals surface area contributed by atoms with Gasteiger partial charge >= 0.3 is 0 Å². The Labute approximate surface area is 132 Å². The number of hydrogen-bond acceptors (Lipinski definition) is 5. The summed E-state index contributed by atoms with van der Waals surface area (Å²) in [7, 11) is -3.10. The Bertz CT molecular complexity index is 587. The average molecular weight is 328 g/mol. The Morgan fingerprint density at radius 2 is 2.05 bits per heavy atom. The number of hydrogen-bond donors (Lipinski definition) is 2. The SMILES string of the molecule is Cc1ccccc1OCCCNC(=O)C(N)CCS(C)(=O)=O. The van der Waals surface area contributed by atoms with Crippen molar-refractivity contribution in [2.24, 2.45) is 5.73 Å². The van der Waals surface area contributed by atoms with E-state index in [4.69, 9.17) is 10.5 Å². The number of carbonyl (C=O) groups excluding carboxylic acids is 1. The molecule has 1 atom stereocenters. The first-order valence-electron chi connectivity index (χ1n) is 7.19. The lowest BCUT2D eigenvalue weighted by Gasteiger charge is -2.12. The van der Waals surface area contributed by atoms with Gasteiger partial charge in [-0.1, -0.05) is 18.2 Å². The van der Waals surface area contributed by atoms with Gasteiger partial charge in [0.1, 0.15) is 15.6 Å². The quantitative estimate of drug-likeness (QED) is 0.648. The highest BCUT2D eigenvalue weighted by Gasteiger charge is 2.15. The van der Waals surface area contributed by atoms with Crippen LogP contribution in [-0.4, -0.2) is 45.5 Å². The normalized spacial score (nSPS) is 12.7. The van der Waals surface area contributed by atoms with Crippen LogP contribution in [0, 0.1) is 6.92 Å². The topological polar surface area (TPSA) is 98.5 Å². The minimum atomic E-state index is -3.10. The monoisotopic (exact) mass is 328 g/mol. The van der Waals surface area contributed by atoms with Crippen molar-refractivity contribution in [3.05, 3.63) is 29.8 Å². The molecule has 0 aliphatic carbocycles. The van der Waals surface area contributed by atoms with Crippen LogP contribution in [0.2, 0.25) is 0 Å². The molecule has 0 aromatic heterocycles. The zero-order valence-corrected chi connectivity index (χ0v) is 13.9. The molecule has 0 heterocycles. The number of amides is 1. The highest BCUT2D eigenvalue weighted by Crippen LogP contribution is 2.15. The predicted octanol–water partition coefficient (Wildman–Crippen LogP) is 0.642. The Morgan fingerprint density at radius 3 is 2.68 bits per heavy atom. The second-order valence-electron chi connectivity index (χ2n) is 5.28. The van der Waals surface area contributed by atoms with Crippen molar-refractivity contribution in [3.63, 3.8) is 0 Å². The van der Waals surface area contributed by atoms with Gasteiger partial charge in [0.2, 0.25) is 5.91 Å². The fraction of sp³-hybridized carbons (Fsp3) is 0.533. The van der Waals surface area contributed by atoms with Crippen molar-refractivity contribution in [2.75, 3.05) is 25.2 Å². The van der Waals surface area contributed by atoms with Crippen LogP contribution in [0.15, 0.2) is 24.3 Å². The summed E-state index contributed by atoms with van der Waals surface area (Å²) in [6.45, 7) is 2.90. The van der Waals surface area contributed by atoms with Gasteiger partial charge in [0.05, 0.1) is 18.4 Å². The number of para-hydroxylation sites is 1. The van der Waals surface area contributed by atoms with E-state index in [2.05, 4.69) is 5.32 Å². The molecule has 22 heavy (non-hydrogen) atoms. The van der Waals surface area contributed by atoms with Crippen molar-refractivity contribution < 1.29 is 17.9 Å². The van der Waals surface area contributed by atoms with Crippen LogP contribution in [0.25, 0.3) is 0 Å². The number of nitrogens with two attached hydrogens (primary N) is 1. The molecular formula is C15H24N2O4S. The predicted molar refractivity (Wildman–Crippen MR) is 86.6 cm³/mol. The molecule has 0 aliphatic rings. The lowest BCUT2D eigenvalue weighted by molar-refractivity contribution is -0.122. The van der Waals surface area contributed by atoms with Crippen LogP contribution in [0.5, 0.6) is 5.75 Å². The molecule has 0 aliphatic heterocycles. The number of aryl methyl sites for hydroxylation is 1. The summed E-state index contributed by atoms with van der Waals surface area (Å²) < 4.78 is 27.6. The molecule has 1 aromatic rings. The van der Waals surface area contributed by atoms with E-state index >= 15 is 0 Å². The largest absolute Gasteiger partial charge is 0.493 e. The molecule has 1 rings (SSSR count). The van der Waals surface area contributed by atoms with Crippen LogP contribution >= 0.6 is 0 Å².